The molecule has 0 aromatic carbocycles. The van der Waals surface area contributed by atoms with Gasteiger partial charge in [0.05, 0.1) is 6.54 Å². The third-order valence-electron chi connectivity index (χ3n) is 2.14. The highest BCUT2D eigenvalue weighted by atomic mass is 16.4. The average Bonchev–Trinajstić information content (AvgIpc) is 2.23. The summed E-state index contributed by atoms with van der Waals surface area (Å²) < 4.78 is 5.69. The van der Waals surface area contributed by atoms with Crippen molar-refractivity contribution in [3.8, 4) is 12.3 Å². The number of fused-ring (bicyclic) bond motifs is 1. The first kappa shape index (κ1) is 10.2. The lowest BCUT2D eigenvalue weighted by atomic mass is 10.3. The van der Waals surface area contributed by atoms with E-state index in [0.717, 1.165) is 4.57 Å². The van der Waals surface area contributed by atoms with E-state index >= 15 is 0 Å². The van der Waals surface area contributed by atoms with Gasteiger partial charge in [-0.1, -0.05) is 5.92 Å². The van der Waals surface area contributed by atoms with Crippen LogP contribution in [0.4, 0.5) is 0 Å². The first-order valence-electron chi connectivity index (χ1n) is 4.58. The van der Waals surface area contributed by atoms with E-state index in [0.29, 0.717) is 5.69 Å². The van der Waals surface area contributed by atoms with Crippen molar-refractivity contribution in [3.05, 3.63) is 38.8 Å². The van der Waals surface area contributed by atoms with E-state index in [9.17, 15) is 9.59 Å². The van der Waals surface area contributed by atoms with Crippen LogP contribution in [0.3, 0.4) is 0 Å². The van der Waals surface area contributed by atoms with Crippen molar-refractivity contribution in [1.29, 1.82) is 0 Å². The molecule has 0 aliphatic heterocycles. The van der Waals surface area contributed by atoms with Gasteiger partial charge in [0.15, 0.2) is 5.65 Å². The summed E-state index contributed by atoms with van der Waals surface area (Å²) in [6.45, 7) is 1.79. The van der Waals surface area contributed by atoms with Gasteiger partial charge in [-0.3, -0.25) is 0 Å². The molecule has 2 aromatic rings. The standard InChI is InChI=1S/C11H8N2O3/c1-3-6-13-9-8(5-4-7(2)12-9)10(14)16-11(13)15/h1,4-5H,6H2,2H3. The van der Waals surface area contributed by atoms with Crippen LogP contribution in [-0.2, 0) is 6.54 Å². The van der Waals surface area contributed by atoms with Gasteiger partial charge in [-0.15, -0.1) is 6.42 Å². The van der Waals surface area contributed by atoms with Crippen LogP contribution in [0, 0.1) is 19.3 Å². The van der Waals surface area contributed by atoms with Gasteiger partial charge in [0, 0.05) is 5.69 Å². The molecule has 2 aromatic heterocycles. The molecule has 0 atom stereocenters. The topological polar surface area (TPSA) is 65.1 Å². The van der Waals surface area contributed by atoms with Crippen molar-refractivity contribution < 1.29 is 4.42 Å². The van der Waals surface area contributed by atoms with Crippen molar-refractivity contribution in [3.63, 3.8) is 0 Å². The quantitative estimate of drug-likeness (QED) is 0.643. The monoisotopic (exact) mass is 216 g/mol. The largest absolute Gasteiger partial charge is 0.424 e. The van der Waals surface area contributed by atoms with Crippen LogP contribution in [-0.4, -0.2) is 9.55 Å². The van der Waals surface area contributed by atoms with Gasteiger partial charge < -0.3 is 4.42 Å². The van der Waals surface area contributed by atoms with E-state index in [4.69, 9.17) is 6.42 Å². The molecular formula is C11H8N2O3. The predicted molar refractivity (Wildman–Crippen MR) is 58.1 cm³/mol. The van der Waals surface area contributed by atoms with Crippen molar-refractivity contribution in [2.75, 3.05) is 0 Å². The molecule has 0 aliphatic rings. The number of rotatable bonds is 1. The van der Waals surface area contributed by atoms with E-state index in [2.05, 4.69) is 15.3 Å². The predicted octanol–water partition coefficient (Wildman–Crippen LogP) is 0.291. The lowest BCUT2D eigenvalue weighted by Crippen LogP contribution is -2.25. The number of terminal acetylenes is 1. The van der Waals surface area contributed by atoms with Gasteiger partial charge >= 0.3 is 11.4 Å². The van der Waals surface area contributed by atoms with Crippen molar-refractivity contribution >= 4 is 11.0 Å². The van der Waals surface area contributed by atoms with Crippen molar-refractivity contribution in [2.45, 2.75) is 13.5 Å². The first-order chi connectivity index (χ1) is 7.63. The summed E-state index contributed by atoms with van der Waals surface area (Å²) in [6, 6.07) is 3.24. The smallest absolute Gasteiger partial charge is 0.372 e. The van der Waals surface area contributed by atoms with E-state index < -0.39 is 11.4 Å². The zero-order valence-electron chi connectivity index (χ0n) is 8.56. The highest BCUT2D eigenvalue weighted by molar-refractivity contribution is 5.73. The normalized spacial score (nSPS) is 10.2. The summed E-state index contributed by atoms with van der Waals surface area (Å²) in [7, 11) is 0. The Morgan fingerprint density at radius 1 is 1.50 bits per heavy atom. The minimum Gasteiger partial charge on any atom is -0.372 e. The Morgan fingerprint density at radius 3 is 2.94 bits per heavy atom. The van der Waals surface area contributed by atoms with Crippen LogP contribution in [0.2, 0.25) is 0 Å². The molecule has 0 spiro atoms. The minimum atomic E-state index is -0.784. The lowest BCUT2D eigenvalue weighted by molar-refractivity contribution is 0.426. The second-order valence-electron chi connectivity index (χ2n) is 3.27. The number of hydrogen-bond donors (Lipinski definition) is 0. The van der Waals surface area contributed by atoms with E-state index in [1.54, 1.807) is 19.1 Å². The maximum Gasteiger partial charge on any atom is 0.424 e. The SMILES string of the molecule is C#CCn1c(=O)oc(=O)c2ccc(C)nc21. The number of aryl methyl sites for hydroxylation is 1. The van der Waals surface area contributed by atoms with Gasteiger partial charge in [0.2, 0.25) is 0 Å². The molecule has 0 saturated carbocycles. The summed E-state index contributed by atoms with van der Waals surface area (Å²) in [6.07, 6.45) is 5.14. The second kappa shape index (κ2) is 3.66. The molecule has 0 radical (unpaired) electrons. The van der Waals surface area contributed by atoms with Crippen LogP contribution in [0.15, 0.2) is 26.1 Å². The van der Waals surface area contributed by atoms with Gasteiger partial charge in [-0.25, -0.2) is 19.1 Å². The molecule has 0 N–H and O–H groups in total. The van der Waals surface area contributed by atoms with Crippen LogP contribution < -0.4 is 11.4 Å². The van der Waals surface area contributed by atoms with E-state index in [1.807, 2.05) is 0 Å². The molecule has 5 heteroatoms. The Labute approximate surface area is 90.3 Å². The zero-order chi connectivity index (χ0) is 11.7. The van der Waals surface area contributed by atoms with Crippen LogP contribution in [0.1, 0.15) is 5.69 Å². The highest BCUT2D eigenvalue weighted by Crippen LogP contribution is 2.05. The first-order valence-corrected chi connectivity index (χ1v) is 4.58. The van der Waals surface area contributed by atoms with Crippen LogP contribution >= 0.6 is 0 Å². The van der Waals surface area contributed by atoms with E-state index in [1.165, 1.54) is 0 Å². The molecular weight excluding hydrogens is 208 g/mol. The second-order valence-corrected chi connectivity index (χ2v) is 3.27. The summed E-state index contributed by atoms with van der Waals surface area (Å²) in [4.78, 5) is 26.9. The Bertz CT molecular complexity index is 704. The molecule has 5 nitrogen and oxygen atoms in total. The molecule has 2 rings (SSSR count). The molecule has 0 bridgehead atoms. The fraction of sp³-hybridized carbons (Fsp3) is 0.182. The fourth-order valence-electron chi connectivity index (χ4n) is 1.41. The Morgan fingerprint density at radius 2 is 2.25 bits per heavy atom. The third kappa shape index (κ3) is 1.50. The molecule has 2 heterocycles. The Kier molecular flexibility index (Phi) is 2.33. The fourth-order valence-corrected chi connectivity index (χ4v) is 1.41. The van der Waals surface area contributed by atoms with Crippen molar-refractivity contribution in [1.82, 2.24) is 9.55 Å². The molecule has 0 unspecified atom stereocenters. The van der Waals surface area contributed by atoms with Crippen LogP contribution in [0.5, 0.6) is 0 Å². The highest BCUT2D eigenvalue weighted by Gasteiger charge is 2.09. The molecule has 0 amide bonds. The van der Waals surface area contributed by atoms with Gasteiger partial charge in [-0.2, -0.15) is 0 Å². The molecule has 0 fully saturated rings. The van der Waals surface area contributed by atoms with Crippen molar-refractivity contribution in [2.24, 2.45) is 0 Å². The minimum absolute atomic E-state index is 0.0234. The summed E-state index contributed by atoms with van der Waals surface area (Å²) in [5.41, 5.74) is 0.267. The maximum absolute atomic E-state index is 11.4. The average molecular weight is 216 g/mol. The molecule has 80 valence electrons. The Balaban J connectivity index is 2.99. The van der Waals surface area contributed by atoms with Gasteiger partial charge in [0.25, 0.3) is 0 Å². The number of nitrogens with zero attached hydrogens (tertiary/aromatic N) is 2. The number of pyridine rings is 1. The molecule has 0 aliphatic carbocycles. The Hall–Kier alpha value is -2.35. The number of aromatic nitrogens is 2. The van der Waals surface area contributed by atoms with Crippen LogP contribution in [0.25, 0.3) is 11.0 Å². The van der Waals surface area contributed by atoms with Gasteiger partial charge in [-0.05, 0) is 19.1 Å². The van der Waals surface area contributed by atoms with E-state index in [-0.39, 0.29) is 17.6 Å². The summed E-state index contributed by atoms with van der Waals surface area (Å²) in [5.74, 6) is 1.53. The third-order valence-corrected chi connectivity index (χ3v) is 2.14. The molecule has 16 heavy (non-hydrogen) atoms. The lowest BCUT2D eigenvalue weighted by Gasteiger charge is -2.04. The zero-order valence-corrected chi connectivity index (χ0v) is 8.56. The number of hydrogen-bond acceptors (Lipinski definition) is 4. The molecule has 0 saturated heterocycles. The summed E-state index contributed by atoms with van der Waals surface area (Å²) >= 11 is 0. The summed E-state index contributed by atoms with van der Waals surface area (Å²) in [5, 5.41) is 0.250. The van der Waals surface area contributed by atoms with Gasteiger partial charge in [0.1, 0.15) is 5.39 Å². The maximum atomic E-state index is 11.4.